The fourth-order valence-electron chi connectivity index (χ4n) is 2.03. The quantitative estimate of drug-likeness (QED) is 0.785. The molecule has 1 aliphatic rings. The monoisotopic (exact) mass is 280 g/mol. The highest BCUT2D eigenvalue weighted by Crippen LogP contribution is 2.36. The first kappa shape index (κ1) is 14.2. The number of esters is 2. The average Bonchev–Trinajstić information content (AvgIpc) is 2.81. The zero-order valence-corrected chi connectivity index (χ0v) is 11.5. The minimum Gasteiger partial charge on any atom is -0.459 e. The summed E-state index contributed by atoms with van der Waals surface area (Å²) in [5.74, 6) is 0.326. The Labute approximate surface area is 116 Å². The Bertz CT molecular complexity index is 524. The van der Waals surface area contributed by atoms with E-state index in [0.29, 0.717) is 17.1 Å². The van der Waals surface area contributed by atoms with Gasteiger partial charge < -0.3 is 18.9 Å². The SMILES string of the molecule is CC(=O)OC(C)C(OC(C)=O)c1ccc2c(c1)OCO2. The number of benzene rings is 1. The number of rotatable bonds is 4. The van der Waals surface area contributed by atoms with Gasteiger partial charge in [-0.05, 0) is 19.1 Å². The van der Waals surface area contributed by atoms with Gasteiger partial charge in [-0.1, -0.05) is 6.07 Å². The third-order valence-corrected chi connectivity index (χ3v) is 2.80. The minimum absolute atomic E-state index is 0.163. The molecule has 0 fully saturated rings. The lowest BCUT2D eigenvalue weighted by Gasteiger charge is -2.23. The number of fused-ring (bicyclic) bond motifs is 1. The summed E-state index contributed by atoms with van der Waals surface area (Å²) in [6.45, 7) is 4.44. The molecule has 0 bridgehead atoms. The fraction of sp³-hybridized carbons (Fsp3) is 0.429. The van der Waals surface area contributed by atoms with Gasteiger partial charge in [0, 0.05) is 19.4 Å². The standard InChI is InChI=1S/C14H16O6/c1-8(19-9(2)15)14(20-10(3)16)11-4-5-12-13(6-11)18-7-17-12/h4-6,8,14H,7H2,1-3H3. The van der Waals surface area contributed by atoms with E-state index in [1.54, 1.807) is 25.1 Å². The third-order valence-electron chi connectivity index (χ3n) is 2.80. The van der Waals surface area contributed by atoms with Gasteiger partial charge in [0.1, 0.15) is 6.10 Å². The topological polar surface area (TPSA) is 71.1 Å². The van der Waals surface area contributed by atoms with Crippen LogP contribution in [0.1, 0.15) is 32.4 Å². The van der Waals surface area contributed by atoms with Crippen LogP contribution in [0.5, 0.6) is 11.5 Å². The van der Waals surface area contributed by atoms with Crippen molar-refractivity contribution in [2.45, 2.75) is 33.0 Å². The van der Waals surface area contributed by atoms with Crippen molar-refractivity contribution >= 4 is 11.9 Å². The number of hydrogen-bond acceptors (Lipinski definition) is 6. The predicted octanol–water partition coefficient (Wildman–Crippen LogP) is 1.97. The number of carbonyl (C=O) groups excluding carboxylic acids is 2. The van der Waals surface area contributed by atoms with Gasteiger partial charge in [0.2, 0.25) is 6.79 Å². The molecule has 2 rings (SSSR count). The smallest absolute Gasteiger partial charge is 0.303 e. The van der Waals surface area contributed by atoms with Crippen LogP contribution < -0.4 is 9.47 Å². The summed E-state index contributed by atoms with van der Waals surface area (Å²) >= 11 is 0. The van der Waals surface area contributed by atoms with Crippen LogP contribution in [0.4, 0.5) is 0 Å². The predicted molar refractivity (Wildman–Crippen MR) is 68.3 cm³/mol. The Morgan fingerprint density at radius 3 is 2.40 bits per heavy atom. The molecule has 0 spiro atoms. The maximum Gasteiger partial charge on any atom is 0.303 e. The van der Waals surface area contributed by atoms with Crippen molar-refractivity contribution in [3.05, 3.63) is 23.8 Å². The van der Waals surface area contributed by atoms with E-state index in [1.807, 2.05) is 0 Å². The Kier molecular flexibility index (Phi) is 4.12. The molecule has 2 atom stereocenters. The van der Waals surface area contributed by atoms with Crippen LogP contribution in [0, 0.1) is 0 Å². The van der Waals surface area contributed by atoms with Crippen molar-refractivity contribution in [2.75, 3.05) is 6.79 Å². The molecule has 1 heterocycles. The molecule has 0 saturated carbocycles. The summed E-state index contributed by atoms with van der Waals surface area (Å²) in [6, 6.07) is 5.20. The first-order valence-corrected chi connectivity index (χ1v) is 6.21. The van der Waals surface area contributed by atoms with Crippen molar-refractivity contribution in [1.29, 1.82) is 0 Å². The molecule has 108 valence electrons. The molecule has 0 amide bonds. The molecular formula is C14H16O6. The lowest BCUT2D eigenvalue weighted by molar-refractivity contribution is -0.164. The van der Waals surface area contributed by atoms with E-state index in [0.717, 1.165) is 0 Å². The molecule has 1 aliphatic heterocycles. The number of hydrogen-bond donors (Lipinski definition) is 0. The Balaban J connectivity index is 2.25. The summed E-state index contributed by atoms with van der Waals surface area (Å²) in [5.41, 5.74) is 0.679. The molecular weight excluding hydrogens is 264 g/mol. The molecule has 0 aliphatic carbocycles. The second-order valence-electron chi connectivity index (χ2n) is 4.46. The zero-order chi connectivity index (χ0) is 14.7. The van der Waals surface area contributed by atoms with E-state index in [1.165, 1.54) is 13.8 Å². The van der Waals surface area contributed by atoms with Gasteiger partial charge in [-0.3, -0.25) is 9.59 Å². The van der Waals surface area contributed by atoms with Crippen LogP contribution in [-0.2, 0) is 19.1 Å². The molecule has 6 nitrogen and oxygen atoms in total. The van der Waals surface area contributed by atoms with Gasteiger partial charge in [-0.2, -0.15) is 0 Å². The molecule has 0 aromatic heterocycles. The van der Waals surface area contributed by atoms with Gasteiger partial charge in [0.15, 0.2) is 17.6 Å². The first-order valence-electron chi connectivity index (χ1n) is 6.21. The van der Waals surface area contributed by atoms with Crippen molar-refractivity contribution in [3.63, 3.8) is 0 Å². The first-order chi connectivity index (χ1) is 9.47. The van der Waals surface area contributed by atoms with E-state index >= 15 is 0 Å². The normalized spacial score (nSPS) is 15.3. The average molecular weight is 280 g/mol. The lowest BCUT2D eigenvalue weighted by Crippen LogP contribution is -2.25. The van der Waals surface area contributed by atoms with Gasteiger partial charge in [0.25, 0.3) is 0 Å². The van der Waals surface area contributed by atoms with Gasteiger partial charge >= 0.3 is 11.9 Å². The van der Waals surface area contributed by atoms with Crippen LogP contribution in [0.2, 0.25) is 0 Å². The van der Waals surface area contributed by atoms with Crippen molar-refractivity contribution < 1.29 is 28.5 Å². The maximum atomic E-state index is 11.2. The van der Waals surface area contributed by atoms with E-state index in [4.69, 9.17) is 18.9 Å². The molecule has 20 heavy (non-hydrogen) atoms. The van der Waals surface area contributed by atoms with Crippen molar-refractivity contribution in [1.82, 2.24) is 0 Å². The lowest BCUT2D eigenvalue weighted by atomic mass is 10.0. The highest BCUT2D eigenvalue weighted by Gasteiger charge is 2.27. The number of carbonyl (C=O) groups is 2. The van der Waals surface area contributed by atoms with Gasteiger partial charge in [-0.15, -0.1) is 0 Å². The Morgan fingerprint density at radius 1 is 1.10 bits per heavy atom. The van der Waals surface area contributed by atoms with Gasteiger partial charge in [-0.25, -0.2) is 0 Å². The van der Waals surface area contributed by atoms with Crippen LogP contribution in [0.3, 0.4) is 0 Å². The second-order valence-corrected chi connectivity index (χ2v) is 4.46. The van der Waals surface area contributed by atoms with E-state index < -0.39 is 24.1 Å². The molecule has 0 saturated heterocycles. The minimum atomic E-state index is -0.689. The van der Waals surface area contributed by atoms with E-state index in [9.17, 15) is 9.59 Å². The zero-order valence-electron chi connectivity index (χ0n) is 11.5. The molecule has 2 unspecified atom stereocenters. The summed E-state index contributed by atoms with van der Waals surface area (Å²) in [5, 5.41) is 0. The largest absolute Gasteiger partial charge is 0.459 e. The Morgan fingerprint density at radius 2 is 1.75 bits per heavy atom. The summed E-state index contributed by atoms with van der Waals surface area (Å²) in [7, 11) is 0. The van der Waals surface area contributed by atoms with Crippen LogP contribution >= 0.6 is 0 Å². The number of ether oxygens (including phenoxy) is 4. The van der Waals surface area contributed by atoms with Crippen LogP contribution in [-0.4, -0.2) is 24.8 Å². The highest BCUT2D eigenvalue weighted by atomic mass is 16.7. The molecule has 0 N–H and O–H groups in total. The highest BCUT2D eigenvalue weighted by molar-refractivity contribution is 5.67. The van der Waals surface area contributed by atoms with Gasteiger partial charge in [0.05, 0.1) is 0 Å². The summed E-state index contributed by atoms with van der Waals surface area (Å²) in [4.78, 5) is 22.3. The molecule has 1 aromatic rings. The molecule has 6 heteroatoms. The van der Waals surface area contributed by atoms with Crippen LogP contribution in [0.25, 0.3) is 0 Å². The Hall–Kier alpha value is -2.24. The van der Waals surface area contributed by atoms with E-state index in [2.05, 4.69) is 0 Å². The summed E-state index contributed by atoms with van der Waals surface area (Å²) < 4.78 is 20.9. The van der Waals surface area contributed by atoms with E-state index in [-0.39, 0.29) is 6.79 Å². The maximum absolute atomic E-state index is 11.2. The molecule has 1 aromatic carbocycles. The van der Waals surface area contributed by atoms with Crippen molar-refractivity contribution in [2.24, 2.45) is 0 Å². The third kappa shape index (κ3) is 3.20. The molecule has 0 radical (unpaired) electrons. The van der Waals surface area contributed by atoms with Crippen LogP contribution in [0.15, 0.2) is 18.2 Å². The summed E-state index contributed by atoms with van der Waals surface area (Å²) in [6.07, 6.45) is -1.29. The second kappa shape index (κ2) is 5.81. The van der Waals surface area contributed by atoms with Crippen molar-refractivity contribution in [3.8, 4) is 11.5 Å². The fourth-order valence-corrected chi connectivity index (χ4v) is 2.03.